The second kappa shape index (κ2) is 18.5. The Balaban J connectivity index is 0.000000180. The first-order valence-corrected chi connectivity index (χ1v) is 20.9. The molecule has 2 aromatic carbocycles. The van der Waals surface area contributed by atoms with Crippen LogP contribution in [0.3, 0.4) is 0 Å². The number of rotatable bonds is 10. The lowest BCUT2D eigenvalue weighted by atomic mass is 10.0. The van der Waals surface area contributed by atoms with E-state index in [1.54, 1.807) is 65.8 Å². The lowest BCUT2D eigenvalue weighted by molar-refractivity contribution is -0.115. The van der Waals surface area contributed by atoms with Crippen molar-refractivity contribution in [3.63, 3.8) is 0 Å². The summed E-state index contributed by atoms with van der Waals surface area (Å²) in [5.41, 5.74) is 5.52. The fourth-order valence-corrected chi connectivity index (χ4v) is 9.41. The third-order valence-corrected chi connectivity index (χ3v) is 12.0. The second-order valence-corrected chi connectivity index (χ2v) is 16.6. The summed E-state index contributed by atoms with van der Waals surface area (Å²) in [6.45, 7) is 7.39. The molecule has 0 aliphatic rings. The maximum atomic E-state index is 11.4. The molecular formula is C43H32Cl4N8O2S2. The van der Waals surface area contributed by atoms with Gasteiger partial charge in [-0.25, -0.2) is 19.9 Å². The largest absolute Gasteiger partial charge is 0.344 e. The van der Waals surface area contributed by atoms with Crippen LogP contribution in [0.1, 0.15) is 13.8 Å². The minimum Gasteiger partial charge on any atom is -0.344 e. The maximum absolute atomic E-state index is 11.4. The van der Waals surface area contributed by atoms with Crippen LogP contribution in [0.4, 0.5) is 11.6 Å². The van der Waals surface area contributed by atoms with Crippen LogP contribution in [-0.4, -0.2) is 41.3 Å². The molecule has 296 valence electrons. The molecule has 0 saturated heterocycles. The van der Waals surface area contributed by atoms with Gasteiger partial charge in [0, 0.05) is 110 Å². The van der Waals surface area contributed by atoms with Crippen LogP contribution >= 0.6 is 69.1 Å². The SMILES string of the molecule is C=CCn1ccnc1-c1sc(-c2ccnc(NC(C)=O)c2)cc1-c1ccc(Cl)cc1Cl.CC(=O)Nc1cc(-c2cc(-c3ccc(Cl)cc3Cl)c(-c3ncc[nH]3)s2)ccn1. The van der Waals surface area contributed by atoms with E-state index < -0.39 is 0 Å². The summed E-state index contributed by atoms with van der Waals surface area (Å²) in [5.74, 6) is 2.25. The number of imidazole rings is 2. The van der Waals surface area contributed by atoms with Gasteiger partial charge in [-0.2, -0.15) is 0 Å². The third-order valence-electron chi connectivity index (χ3n) is 8.56. The van der Waals surface area contributed by atoms with Gasteiger partial charge in [0.2, 0.25) is 11.8 Å². The van der Waals surface area contributed by atoms with E-state index in [-0.39, 0.29) is 11.8 Å². The quantitative estimate of drug-likeness (QED) is 0.117. The normalized spacial score (nSPS) is 10.8. The number of anilines is 2. The van der Waals surface area contributed by atoms with Gasteiger partial charge in [-0.1, -0.05) is 64.6 Å². The molecule has 6 heterocycles. The number of carbonyl (C=O) groups is 2. The highest BCUT2D eigenvalue weighted by Crippen LogP contribution is 2.46. The number of amides is 2. The zero-order valence-electron chi connectivity index (χ0n) is 31.3. The number of thiophene rings is 2. The Morgan fingerprint density at radius 2 is 1.22 bits per heavy atom. The first-order valence-electron chi connectivity index (χ1n) is 17.8. The molecular weight excluding hydrogens is 866 g/mol. The topological polar surface area (TPSA) is 130 Å². The number of carbonyl (C=O) groups excluding carboxylic acids is 2. The minimum atomic E-state index is -0.170. The van der Waals surface area contributed by atoms with E-state index in [4.69, 9.17) is 46.4 Å². The lowest BCUT2D eigenvalue weighted by Crippen LogP contribution is -2.07. The van der Waals surface area contributed by atoms with Crippen molar-refractivity contribution >= 4 is 92.5 Å². The summed E-state index contributed by atoms with van der Waals surface area (Å²) in [5, 5.41) is 7.73. The highest BCUT2D eigenvalue weighted by atomic mass is 35.5. The van der Waals surface area contributed by atoms with Gasteiger partial charge in [0.25, 0.3) is 0 Å². The van der Waals surface area contributed by atoms with E-state index in [9.17, 15) is 9.59 Å². The monoisotopic (exact) mass is 896 g/mol. The summed E-state index contributed by atoms with van der Waals surface area (Å²) >= 11 is 28.4. The molecule has 0 fully saturated rings. The Bertz CT molecular complexity index is 2810. The fraction of sp³-hybridized carbons (Fsp3) is 0.0698. The number of nitrogens with zero attached hydrogens (tertiary/aromatic N) is 5. The van der Waals surface area contributed by atoms with Crippen molar-refractivity contribution in [2.75, 3.05) is 10.6 Å². The van der Waals surface area contributed by atoms with E-state index >= 15 is 0 Å². The van der Waals surface area contributed by atoms with Gasteiger partial charge in [0.15, 0.2) is 5.82 Å². The number of H-pyrrole nitrogens is 1. The number of nitrogens with one attached hydrogen (secondary N) is 3. The van der Waals surface area contributed by atoms with Crippen molar-refractivity contribution in [3.05, 3.63) is 143 Å². The summed E-state index contributed by atoms with van der Waals surface area (Å²) in [6, 6.07) is 22.5. The molecule has 0 spiro atoms. The molecule has 6 aromatic heterocycles. The number of hydrogen-bond donors (Lipinski definition) is 3. The molecule has 0 saturated carbocycles. The number of hydrogen-bond acceptors (Lipinski definition) is 8. The number of aromatic amines is 1. The number of pyridine rings is 2. The smallest absolute Gasteiger partial charge is 0.222 e. The Hall–Kier alpha value is -5.60. The third kappa shape index (κ3) is 9.82. The molecule has 8 rings (SSSR count). The Morgan fingerprint density at radius 1 is 0.678 bits per heavy atom. The predicted molar refractivity (Wildman–Crippen MR) is 244 cm³/mol. The Labute approximate surface area is 367 Å². The molecule has 0 radical (unpaired) electrons. The Kier molecular flexibility index (Phi) is 13.1. The molecule has 0 bridgehead atoms. The van der Waals surface area contributed by atoms with Crippen LogP contribution in [0.15, 0.2) is 123 Å². The molecule has 10 nitrogen and oxygen atoms in total. The Morgan fingerprint density at radius 3 is 1.71 bits per heavy atom. The summed E-state index contributed by atoms with van der Waals surface area (Å²) in [7, 11) is 0. The van der Waals surface area contributed by atoms with E-state index in [2.05, 4.69) is 54.3 Å². The number of halogens is 4. The van der Waals surface area contributed by atoms with E-state index in [0.717, 1.165) is 64.5 Å². The van der Waals surface area contributed by atoms with Gasteiger partial charge in [0.05, 0.1) is 9.75 Å². The highest BCUT2D eigenvalue weighted by Gasteiger charge is 2.21. The standard InChI is InChI=1S/C23H18Cl2N4OS.C20H14Cl2N4OS/c1-3-9-29-10-8-27-23(29)22-18(17-5-4-16(24)12-19(17)25)13-20(31-22)15-6-7-26-21(11-15)28-14(2)30;1-11(27)26-18-8-12(4-5-23-18)17-10-15(14-3-2-13(21)9-16(14)22)19(28-17)20-24-6-7-25-20/h3-8,10-13H,1,9H2,2H3,(H,26,28,30);2-10H,1H3,(H,24,25)(H,23,26,27). The predicted octanol–water partition coefficient (Wildman–Crippen LogP) is 12.9. The van der Waals surface area contributed by atoms with Crippen molar-refractivity contribution in [2.45, 2.75) is 20.4 Å². The van der Waals surface area contributed by atoms with Gasteiger partial charge in [-0.3, -0.25) is 9.59 Å². The molecule has 59 heavy (non-hydrogen) atoms. The van der Waals surface area contributed by atoms with Gasteiger partial charge < -0.3 is 20.2 Å². The van der Waals surface area contributed by atoms with Crippen LogP contribution in [-0.2, 0) is 16.1 Å². The van der Waals surface area contributed by atoms with Crippen LogP contribution < -0.4 is 10.6 Å². The summed E-state index contributed by atoms with van der Waals surface area (Å²) in [4.78, 5) is 47.3. The zero-order valence-corrected chi connectivity index (χ0v) is 35.9. The van der Waals surface area contributed by atoms with Crippen LogP contribution in [0, 0.1) is 0 Å². The van der Waals surface area contributed by atoms with Crippen molar-refractivity contribution in [3.8, 4) is 64.5 Å². The average molecular weight is 899 g/mol. The number of aromatic nitrogens is 6. The lowest BCUT2D eigenvalue weighted by Gasteiger charge is -2.08. The van der Waals surface area contributed by atoms with Gasteiger partial charge >= 0.3 is 0 Å². The number of allylic oxidation sites excluding steroid dienone is 1. The van der Waals surface area contributed by atoms with Gasteiger partial charge in [0.1, 0.15) is 17.5 Å². The van der Waals surface area contributed by atoms with Crippen LogP contribution in [0.5, 0.6) is 0 Å². The number of benzene rings is 2. The molecule has 0 unspecified atom stereocenters. The van der Waals surface area contributed by atoms with Crippen molar-refractivity contribution in [1.29, 1.82) is 0 Å². The average Bonchev–Trinajstić information content (AvgIpc) is 4.02. The van der Waals surface area contributed by atoms with Crippen LogP contribution in [0.2, 0.25) is 20.1 Å². The molecule has 3 N–H and O–H groups in total. The molecule has 0 aliphatic carbocycles. The minimum absolute atomic E-state index is 0.166. The molecule has 0 aliphatic heterocycles. The van der Waals surface area contributed by atoms with E-state index in [1.165, 1.54) is 13.8 Å². The summed E-state index contributed by atoms with van der Waals surface area (Å²) in [6.07, 6.45) is 12.4. The van der Waals surface area contributed by atoms with E-state index in [1.807, 2.05) is 65.4 Å². The molecule has 0 atom stereocenters. The molecule has 8 aromatic rings. The second-order valence-electron chi connectivity index (χ2n) is 12.8. The summed E-state index contributed by atoms with van der Waals surface area (Å²) < 4.78 is 2.03. The molecule has 2 amide bonds. The first-order chi connectivity index (χ1) is 28.5. The van der Waals surface area contributed by atoms with Crippen molar-refractivity contribution in [1.82, 2.24) is 29.5 Å². The van der Waals surface area contributed by atoms with Crippen molar-refractivity contribution < 1.29 is 9.59 Å². The zero-order chi connectivity index (χ0) is 41.6. The maximum Gasteiger partial charge on any atom is 0.222 e. The fourth-order valence-electron chi connectivity index (χ4n) is 6.08. The van der Waals surface area contributed by atoms with Gasteiger partial charge in [-0.15, -0.1) is 29.3 Å². The van der Waals surface area contributed by atoms with E-state index in [0.29, 0.717) is 38.3 Å². The van der Waals surface area contributed by atoms with Gasteiger partial charge in [-0.05, 0) is 71.8 Å². The molecule has 16 heteroatoms. The van der Waals surface area contributed by atoms with Crippen molar-refractivity contribution in [2.24, 2.45) is 0 Å². The van der Waals surface area contributed by atoms with Crippen LogP contribution in [0.25, 0.3) is 64.5 Å². The highest BCUT2D eigenvalue weighted by molar-refractivity contribution is 7.19. The first kappa shape index (κ1) is 41.6.